The third kappa shape index (κ3) is 5.30. The molecule has 2 heteroatoms. The Morgan fingerprint density at radius 2 is 0.781 bits per heavy atom. The van der Waals surface area contributed by atoms with Crippen LogP contribution in [0.2, 0.25) is 0 Å². The first-order valence-electron chi connectivity index (χ1n) is 22.1. The van der Waals surface area contributed by atoms with E-state index in [2.05, 4.69) is 248 Å². The molecule has 0 saturated heterocycles. The van der Waals surface area contributed by atoms with Gasteiger partial charge in [0.1, 0.15) is 0 Å². The monoisotopic (exact) mass is 812 g/mol. The van der Waals surface area contributed by atoms with Gasteiger partial charge in [-0.05, 0) is 119 Å². The zero-order chi connectivity index (χ0) is 42.2. The molecule has 0 atom stereocenters. The molecule has 1 aromatic heterocycles. The molecule has 0 N–H and O–H groups in total. The third-order valence-electron chi connectivity index (χ3n) is 13.7. The number of hydrogen-bond acceptors (Lipinski definition) is 2. The van der Waals surface area contributed by atoms with E-state index in [1.54, 1.807) is 0 Å². The summed E-state index contributed by atoms with van der Waals surface area (Å²) in [7, 11) is 0. The Hall–Kier alpha value is -8.33. The highest BCUT2D eigenvalue weighted by Gasteiger charge is 2.51. The van der Waals surface area contributed by atoms with Gasteiger partial charge in [0.15, 0.2) is 0 Å². The maximum Gasteiger partial charge on any atom is 0.0754 e. The predicted molar refractivity (Wildman–Crippen MR) is 267 cm³/mol. The second kappa shape index (κ2) is 14.4. The molecular formula is C62H40N2. The Morgan fingerprint density at radius 1 is 0.312 bits per heavy atom. The van der Waals surface area contributed by atoms with Gasteiger partial charge in [-0.3, -0.25) is 4.98 Å². The minimum absolute atomic E-state index is 0.519. The van der Waals surface area contributed by atoms with Crippen LogP contribution in [0.1, 0.15) is 22.3 Å². The average molecular weight is 813 g/mol. The van der Waals surface area contributed by atoms with Crippen molar-refractivity contribution in [1.29, 1.82) is 0 Å². The smallest absolute Gasteiger partial charge is 0.0754 e. The molecule has 0 saturated carbocycles. The van der Waals surface area contributed by atoms with Crippen LogP contribution in [0.5, 0.6) is 0 Å². The maximum atomic E-state index is 5.32. The SMILES string of the molecule is c1ccc(-c2ccc(-c3c4ccccc4c(-c4ccc(-c5ccc6c(c5)C5(c7ccccc7-6)c6ccccc6N(c6ccccc6)c6ccccc65)cn4)c4ccccc34)cc2)cc1. The van der Waals surface area contributed by atoms with E-state index in [0.29, 0.717) is 0 Å². The Kier molecular flexibility index (Phi) is 8.16. The van der Waals surface area contributed by atoms with Crippen molar-refractivity contribution in [2.24, 2.45) is 0 Å². The summed E-state index contributed by atoms with van der Waals surface area (Å²) in [6, 6.07) is 86.6. The summed E-state index contributed by atoms with van der Waals surface area (Å²) in [4.78, 5) is 7.75. The van der Waals surface area contributed by atoms with E-state index in [1.165, 1.54) is 88.6 Å². The van der Waals surface area contributed by atoms with E-state index in [9.17, 15) is 0 Å². The zero-order valence-electron chi connectivity index (χ0n) is 35.0. The highest BCUT2D eigenvalue weighted by atomic mass is 15.2. The Balaban J connectivity index is 0.955. The first-order chi connectivity index (χ1) is 31.8. The molecule has 11 aromatic rings. The summed E-state index contributed by atoms with van der Waals surface area (Å²) in [6.45, 7) is 0. The molecule has 0 fully saturated rings. The number of nitrogens with zero attached hydrogens (tertiary/aromatic N) is 2. The number of pyridine rings is 1. The molecule has 2 nitrogen and oxygen atoms in total. The lowest BCUT2D eigenvalue weighted by Gasteiger charge is -2.45. The van der Waals surface area contributed by atoms with E-state index in [-0.39, 0.29) is 0 Å². The molecule has 10 aromatic carbocycles. The molecule has 0 amide bonds. The summed E-state index contributed by atoms with van der Waals surface area (Å²) >= 11 is 0. The van der Waals surface area contributed by atoms with E-state index >= 15 is 0 Å². The number of aromatic nitrogens is 1. The standard InChI is InChI=1S/C62H40N2/c1-3-17-41(18-4-1)42-31-33-43(34-32-42)60-49-22-7-9-24-51(49)61(52-25-10-8-23-50(52)60)57-38-36-45(40-63-57)44-35-37-48-47-21-11-12-26-53(47)62(56(48)39-44)54-27-13-15-29-58(54)64(46-19-5-2-6-20-46)59-30-16-14-28-55(59)62/h1-40H. The fourth-order valence-corrected chi connectivity index (χ4v) is 11.0. The molecule has 2 aliphatic rings. The molecule has 298 valence electrons. The first-order valence-corrected chi connectivity index (χ1v) is 22.1. The number of anilines is 3. The molecule has 0 radical (unpaired) electrons. The third-order valence-corrected chi connectivity index (χ3v) is 13.7. The molecule has 1 spiro atoms. The van der Waals surface area contributed by atoms with Crippen LogP contribution in [0.15, 0.2) is 243 Å². The fourth-order valence-electron chi connectivity index (χ4n) is 11.0. The largest absolute Gasteiger partial charge is 0.310 e. The van der Waals surface area contributed by atoms with Crippen LogP contribution in [-0.4, -0.2) is 4.98 Å². The topological polar surface area (TPSA) is 16.1 Å². The lowest BCUT2D eigenvalue weighted by Crippen LogP contribution is -2.36. The van der Waals surface area contributed by atoms with Gasteiger partial charge in [0.25, 0.3) is 0 Å². The van der Waals surface area contributed by atoms with Crippen LogP contribution in [-0.2, 0) is 5.41 Å². The van der Waals surface area contributed by atoms with Crippen molar-refractivity contribution in [3.8, 4) is 55.8 Å². The number of fused-ring (bicyclic) bond motifs is 11. The van der Waals surface area contributed by atoms with Gasteiger partial charge in [0.05, 0.1) is 22.5 Å². The molecule has 64 heavy (non-hydrogen) atoms. The quantitative estimate of drug-likeness (QED) is 0.161. The van der Waals surface area contributed by atoms with Crippen LogP contribution in [0, 0.1) is 0 Å². The van der Waals surface area contributed by atoms with Gasteiger partial charge in [0.2, 0.25) is 0 Å². The maximum absolute atomic E-state index is 5.32. The number of benzene rings is 10. The van der Waals surface area contributed by atoms with Crippen LogP contribution in [0.25, 0.3) is 77.3 Å². The van der Waals surface area contributed by atoms with Crippen molar-refractivity contribution >= 4 is 38.6 Å². The second-order valence-corrected chi connectivity index (χ2v) is 17.0. The summed E-state index contributed by atoms with van der Waals surface area (Å²) < 4.78 is 0. The minimum Gasteiger partial charge on any atom is -0.310 e. The molecule has 2 heterocycles. The number of para-hydroxylation sites is 3. The predicted octanol–water partition coefficient (Wildman–Crippen LogP) is 16.2. The fraction of sp³-hybridized carbons (Fsp3) is 0.0161. The zero-order valence-corrected chi connectivity index (χ0v) is 35.0. The molecule has 0 unspecified atom stereocenters. The van der Waals surface area contributed by atoms with Gasteiger partial charge in [-0.1, -0.05) is 200 Å². The Morgan fingerprint density at radius 3 is 1.41 bits per heavy atom. The molecule has 1 aliphatic heterocycles. The van der Waals surface area contributed by atoms with Gasteiger partial charge in [-0.2, -0.15) is 0 Å². The van der Waals surface area contributed by atoms with Crippen molar-refractivity contribution in [3.05, 3.63) is 265 Å². The van der Waals surface area contributed by atoms with Gasteiger partial charge in [-0.15, -0.1) is 0 Å². The average Bonchev–Trinajstić information content (AvgIpc) is 3.66. The van der Waals surface area contributed by atoms with E-state index in [4.69, 9.17) is 4.98 Å². The van der Waals surface area contributed by atoms with E-state index in [0.717, 1.165) is 28.1 Å². The van der Waals surface area contributed by atoms with Crippen molar-refractivity contribution in [2.45, 2.75) is 5.41 Å². The lowest BCUT2D eigenvalue weighted by atomic mass is 9.64. The summed E-state index contributed by atoms with van der Waals surface area (Å²) in [5.74, 6) is 0. The number of hydrogen-bond donors (Lipinski definition) is 0. The molecular weight excluding hydrogens is 773 g/mol. The van der Waals surface area contributed by atoms with Gasteiger partial charge in [0, 0.05) is 23.0 Å². The minimum atomic E-state index is -0.519. The van der Waals surface area contributed by atoms with Crippen LogP contribution in [0.4, 0.5) is 17.1 Å². The van der Waals surface area contributed by atoms with Gasteiger partial charge < -0.3 is 4.90 Å². The molecule has 1 aliphatic carbocycles. The van der Waals surface area contributed by atoms with Crippen LogP contribution >= 0.6 is 0 Å². The van der Waals surface area contributed by atoms with Gasteiger partial charge in [-0.25, -0.2) is 0 Å². The molecule has 0 bridgehead atoms. The van der Waals surface area contributed by atoms with Crippen molar-refractivity contribution in [3.63, 3.8) is 0 Å². The van der Waals surface area contributed by atoms with Gasteiger partial charge >= 0.3 is 0 Å². The second-order valence-electron chi connectivity index (χ2n) is 17.0. The Bertz CT molecular complexity index is 3490. The van der Waals surface area contributed by atoms with Crippen molar-refractivity contribution in [1.82, 2.24) is 4.98 Å². The number of rotatable bonds is 5. The van der Waals surface area contributed by atoms with Crippen LogP contribution < -0.4 is 4.90 Å². The summed E-state index contributed by atoms with van der Waals surface area (Å²) in [5, 5.41) is 4.83. The van der Waals surface area contributed by atoms with Crippen LogP contribution in [0.3, 0.4) is 0 Å². The Labute approximate surface area is 373 Å². The lowest BCUT2D eigenvalue weighted by molar-refractivity contribution is 0.753. The first kappa shape index (κ1) is 36.3. The molecule has 13 rings (SSSR count). The van der Waals surface area contributed by atoms with E-state index in [1.807, 2.05) is 0 Å². The summed E-state index contributed by atoms with van der Waals surface area (Å²) in [5.41, 5.74) is 20.0. The van der Waals surface area contributed by atoms with E-state index < -0.39 is 5.41 Å². The highest BCUT2D eigenvalue weighted by molar-refractivity contribution is 6.21. The normalized spacial score (nSPS) is 13.1. The highest BCUT2D eigenvalue weighted by Crippen LogP contribution is 2.63. The summed E-state index contributed by atoms with van der Waals surface area (Å²) in [6.07, 6.45) is 2.07. The van der Waals surface area contributed by atoms with Crippen molar-refractivity contribution in [2.75, 3.05) is 4.90 Å². The van der Waals surface area contributed by atoms with Crippen molar-refractivity contribution < 1.29 is 0 Å².